The van der Waals surface area contributed by atoms with Gasteiger partial charge in [-0.25, -0.2) is 0 Å². The Morgan fingerprint density at radius 3 is 2.65 bits per heavy atom. The average Bonchev–Trinajstić information content (AvgIpc) is 2.55. The summed E-state index contributed by atoms with van der Waals surface area (Å²) in [5.74, 6) is -0.170. The summed E-state index contributed by atoms with van der Waals surface area (Å²) in [5.41, 5.74) is 4.07. The smallest absolute Gasteiger partial charge is 0.247 e. The fourth-order valence-corrected chi connectivity index (χ4v) is 3.01. The third-order valence-electron chi connectivity index (χ3n) is 4.43. The third-order valence-corrected chi connectivity index (χ3v) is 4.43. The summed E-state index contributed by atoms with van der Waals surface area (Å²) in [7, 11) is 1.69. The Morgan fingerprint density at radius 1 is 1.17 bits per heavy atom. The maximum Gasteiger partial charge on any atom is 0.247 e. The zero-order chi connectivity index (χ0) is 16.4. The number of amides is 2. The van der Waals surface area contributed by atoms with E-state index in [0.717, 1.165) is 22.3 Å². The molecule has 0 saturated heterocycles. The average molecular weight is 308 g/mol. The number of hydrogen-bond donors (Lipinski definition) is 1. The molecule has 3 rings (SSSR count). The Morgan fingerprint density at radius 2 is 1.87 bits per heavy atom. The number of rotatable bonds is 3. The van der Waals surface area contributed by atoms with Gasteiger partial charge >= 0.3 is 0 Å². The first kappa shape index (κ1) is 15.3. The van der Waals surface area contributed by atoms with Crippen molar-refractivity contribution in [2.75, 3.05) is 7.05 Å². The summed E-state index contributed by atoms with van der Waals surface area (Å²) in [5, 5.41) is 2.97. The quantitative estimate of drug-likeness (QED) is 0.946. The molecule has 1 aliphatic heterocycles. The molecule has 1 atom stereocenters. The van der Waals surface area contributed by atoms with E-state index in [9.17, 15) is 9.59 Å². The molecule has 0 aromatic heterocycles. The Kier molecular flexibility index (Phi) is 4.15. The van der Waals surface area contributed by atoms with E-state index in [1.165, 1.54) is 4.90 Å². The number of benzene rings is 2. The third kappa shape index (κ3) is 2.97. The molecular formula is C19H20N2O2. The predicted molar refractivity (Wildman–Crippen MR) is 88.7 cm³/mol. The lowest BCUT2D eigenvalue weighted by Gasteiger charge is -2.33. The maximum atomic E-state index is 12.7. The molecule has 2 amide bonds. The van der Waals surface area contributed by atoms with Crippen LogP contribution in [0.5, 0.6) is 0 Å². The number of likely N-dealkylation sites (N-methyl/N-ethyl adjacent to an activating group) is 1. The standard InChI is InChI=1S/C19H20N2O2/c1-13-7-3-4-9-15(13)12-20-19(23)18-16-10-6-5-8-14(16)11-17(22)21(18)2/h3-10,18H,11-12H2,1-2H3,(H,20,23)/t18-/m1/s1. The van der Waals surface area contributed by atoms with E-state index in [1.54, 1.807) is 7.05 Å². The van der Waals surface area contributed by atoms with E-state index >= 15 is 0 Å². The first-order chi connectivity index (χ1) is 11.1. The Labute approximate surface area is 136 Å². The molecule has 2 aromatic rings. The zero-order valence-corrected chi connectivity index (χ0v) is 13.4. The fourth-order valence-electron chi connectivity index (χ4n) is 3.01. The van der Waals surface area contributed by atoms with Gasteiger partial charge in [-0.3, -0.25) is 9.59 Å². The minimum absolute atomic E-state index is 0.0280. The summed E-state index contributed by atoms with van der Waals surface area (Å²) in [6, 6.07) is 15.1. The number of nitrogens with zero attached hydrogens (tertiary/aromatic N) is 1. The number of nitrogens with one attached hydrogen (secondary N) is 1. The van der Waals surface area contributed by atoms with Crippen LogP contribution in [0.4, 0.5) is 0 Å². The van der Waals surface area contributed by atoms with E-state index in [0.29, 0.717) is 13.0 Å². The van der Waals surface area contributed by atoms with Crippen LogP contribution in [-0.4, -0.2) is 23.8 Å². The van der Waals surface area contributed by atoms with Gasteiger partial charge in [0.1, 0.15) is 6.04 Å². The molecule has 0 saturated carbocycles. The van der Waals surface area contributed by atoms with Gasteiger partial charge in [0, 0.05) is 13.6 Å². The second-order valence-corrected chi connectivity index (χ2v) is 5.93. The van der Waals surface area contributed by atoms with Crippen molar-refractivity contribution in [3.05, 3.63) is 70.8 Å². The van der Waals surface area contributed by atoms with Crippen LogP contribution in [0.15, 0.2) is 48.5 Å². The maximum absolute atomic E-state index is 12.7. The first-order valence-electron chi connectivity index (χ1n) is 7.73. The summed E-state index contributed by atoms with van der Waals surface area (Å²) in [4.78, 5) is 26.4. The molecule has 1 aliphatic rings. The molecule has 4 nitrogen and oxygen atoms in total. The molecule has 1 heterocycles. The molecule has 0 fully saturated rings. The molecule has 0 spiro atoms. The summed E-state index contributed by atoms with van der Waals surface area (Å²) in [6.45, 7) is 2.49. The molecule has 4 heteroatoms. The minimum Gasteiger partial charge on any atom is -0.350 e. The van der Waals surface area contributed by atoms with Crippen molar-refractivity contribution in [1.29, 1.82) is 0 Å². The molecule has 2 aromatic carbocycles. The highest BCUT2D eigenvalue weighted by atomic mass is 16.2. The fraction of sp³-hybridized carbons (Fsp3) is 0.263. The van der Waals surface area contributed by atoms with Gasteiger partial charge in [-0.2, -0.15) is 0 Å². The Bertz CT molecular complexity index is 755. The zero-order valence-electron chi connectivity index (χ0n) is 13.4. The van der Waals surface area contributed by atoms with Crippen LogP contribution in [0.3, 0.4) is 0 Å². The number of carbonyl (C=O) groups is 2. The van der Waals surface area contributed by atoms with E-state index in [-0.39, 0.29) is 11.8 Å². The number of hydrogen-bond acceptors (Lipinski definition) is 2. The van der Waals surface area contributed by atoms with Crippen molar-refractivity contribution in [2.45, 2.75) is 25.9 Å². The van der Waals surface area contributed by atoms with Crippen LogP contribution in [0, 0.1) is 6.92 Å². The van der Waals surface area contributed by atoms with Crippen molar-refractivity contribution in [2.24, 2.45) is 0 Å². The van der Waals surface area contributed by atoms with Gasteiger partial charge in [0.15, 0.2) is 0 Å². The van der Waals surface area contributed by atoms with Gasteiger partial charge < -0.3 is 10.2 Å². The van der Waals surface area contributed by atoms with Crippen molar-refractivity contribution >= 4 is 11.8 Å². The highest BCUT2D eigenvalue weighted by molar-refractivity contribution is 5.92. The molecule has 1 N–H and O–H groups in total. The number of carbonyl (C=O) groups excluding carboxylic acids is 2. The van der Waals surface area contributed by atoms with Gasteiger partial charge in [-0.15, -0.1) is 0 Å². The van der Waals surface area contributed by atoms with Crippen molar-refractivity contribution in [1.82, 2.24) is 10.2 Å². The van der Waals surface area contributed by atoms with Gasteiger partial charge in [-0.05, 0) is 29.2 Å². The van der Waals surface area contributed by atoms with E-state index in [2.05, 4.69) is 5.32 Å². The van der Waals surface area contributed by atoms with Crippen LogP contribution < -0.4 is 5.32 Å². The van der Waals surface area contributed by atoms with Crippen LogP contribution in [0.2, 0.25) is 0 Å². The van der Waals surface area contributed by atoms with Gasteiger partial charge in [0.05, 0.1) is 6.42 Å². The Balaban J connectivity index is 1.81. The van der Waals surface area contributed by atoms with Crippen molar-refractivity contribution < 1.29 is 9.59 Å². The largest absolute Gasteiger partial charge is 0.350 e. The SMILES string of the molecule is Cc1ccccc1CNC(=O)[C@H]1c2ccccc2CC(=O)N1C. The lowest BCUT2D eigenvalue weighted by Crippen LogP contribution is -2.45. The van der Waals surface area contributed by atoms with Crippen molar-refractivity contribution in [3.8, 4) is 0 Å². The molecule has 0 bridgehead atoms. The highest BCUT2D eigenvalue weighted by Gasteiger charge is 2.34. The molecule has 0 radical (unpaired) electrons. The van der Waals surface area contributed by atoms with E-state index in [4.69, 9.17) is 0 Å². The molecule has 118 valence electrons. The molecule has 23 heavy (non-hydrogen) atoms. The predicted octanol–water partition coefficient (Wildman–Crippen LogP) is 2.37. The van der Waals surface area contributed by atoms with Crippen LogP contribution in [0.1, 0.15) is 28.3 Å². The Hall–Kier alpha value is -2.62. The van der Waals surface area contributed by atoms with Gasteiger partial charge in [-0.1, -0.05) is 48.5 Å². The lowest BCUT2D eigenvalue weighted by atomic mass is 9.92. The lowest BCUT2D eigenvalue weighted by molar-refractivity contribution is -0.140. The minimum atomic E-state index is -0.559. The van der Waals surface area contributed by atoms with Crippen LogP contribution in [0.25, 0.3) is 0 Å². The van der Waals surface area contributed by atoms with E-state index < -0.39 is 6.04 Å². The normalized spacial score (nSPS) is 16.9. The second-order valence-electron chi connectivity index (χ2n) is 5.93. The summed E-state index contributed by atoms with van der Waals surface area (Å²) < 4.78 is 0. The van der Waals surface area contributed by atoms with Crippen molar-refractivity contribution in [3.63, 3.8) is 0 Å². The molecule has 0 aliphatic carbocycles. The summed E-state index contributed by atoms with van der Waals surface area (Å²) >= 11 is 0. The van der Waals surface area contributed by atoms with Gasteiger partial charge in [0.2, 0.25) is 11.8 Å². The highest BCUT2D eigenvalue weighted by Crippen LogP contribution is 2.29. The monoisotopic (exact) mass is 308 g/mol. The second kappa shape index (κ2) is 6.24. The number of aryl methyl sites for hydroxylation is 1. The molecular weight excluding hydrogens is 288 g/mol. The van der Waals surface area contributed by atoms with Crippen LogP contribution in [-0.2, 0) is 22.6 Å². The summed E-state index contributed by atoms with van der Waals surface area (Å²) in [6.07, 6.45) is 0.355. The topological polar surface area (TPSA) is 49.4 Å². The molecule has 0 unspecified atom stereocenters. The van der Waals surface area contributed by atoms with E-state index in [1.807, 2.05) is 55.5 Å². The first-order valence-corrected chi connectivity index (χ1v) is 7.73. The van der Waals surface area contributed by atoms with Gasteiger partial charge in [0.25, 0.3) is 0 Å². The number of fused-ring (bicyclic) bond motifs is 1. The van der Waals surface area contributed by atoms with Crippen LogP contribution >= 0.6 is 0 Å².